The minimum absolute atomic E-state index is 0.463. The van der Waals surface area contributed by atoms with Gasteiger partial charge in [0.05, 0.1) is 0 Å². The van der Waals surface area contributed by atoms with Gasteiger partial charge < -0.3 is 10.6 Å². The fourth-order valence-corrected chi connectivity index (χ4v) is 4.99. The SMILES string of the molecule is CN1CC(c2ccccc2)CC2(CCN(Cc3cccnc3N)CC2)C1. The van der Waals surface area contributed by atoms with Gasteiger partial charge in [0.2, 0.25) is 0 Å². The smallest absolute Gasteiger partial charge is 0.127 e. The predicted octanol–water partition coefficient (Wildman–Crippen LogP) is 3.37. The van der Waals surface area contributed by atoms with Crippen molar-refractivity contribution < 1.29 is 0 Å². The summed E-state index contributed by atoms with van der Waals surface area (Å²) in [6, 6.07) is 15.2. The highest BCUT2D eigenvalue weighted by Crippen LogP contribution is 2.44. The van der Waals surface area contributed by atoms with E-state index in [1.165, 1.54) is 37.9 Å². The van der Waals surface area contributed by atoms with Crippen LogP contribution in [0.25, 0.3) is 0 Å². The van der Waals surface area contributed by atoms with Crippen molar-refractivity contribution in [2.45, 2.75) is 31.7 Å². The Kier molecular flexibility index (Phi) is 4.96. The van der Waals surface area contributed by atoms with E-state index in [2.05, 4.69) is 58.2 Å². The second kappa shape index (κ2) is 7.37. The first-order valence-electron chi connectivity index (χ1n) is 9.79. The second-order valence-electron chi connectivity index (χ2n) is 8.33. The van der Waals surface area contributed by atoms with Gasteiger partial charge in [-0.05, 0) is 62.4 Å². The van der Waals surface area contributed by atoms with Crippen molar-refractivity contribution in [1.29, 1.82) is 0 Å². The van der Waals surface area contributed by atoms with Gasteiger partial charge in [-0.1, -0.05) is 36.4 Å². The monoisotopic (exact) mass is 350 g/mol. The number of aromatic nitrogens is 1. The van der Waals surface area contributed by atoms with Crippen molar-refractivity contribution >= 4 is 5.82 Å². The number of pyridine rings is 1. The quantitative estimate of drug-likeness (QED) is 0.922. The van der Waals surface area contributed by atoms with E-state index in [4.69, 9.17) is 5.73 Å². The van der Waals surface area contributed by atoms with Crippen molar-refractivity contribution in [2.75, 3.05) is 39.0 Å². The lowest BCUT2D eigenvalue weighted by molar-refractivity contribution is 0.0219. The molecule has 2 aromatic rings. The minimum atomic E-state index is 0.463. The van der Waals surface area contributed by atoms with Gasteiger partial charge in [-0.25, -0.2) is 4.98 Å². The Hall–Kier alpha value is -1.91. The molecule has 1 spiro atoms. The fraction of sp³-hybridized carbons (Fsp3) is 0.500. The van der Waals surface area contributed by atoms with Gasteiger partial charge in [-0.2, -0.15) is 0 Å². The Morgan fingerprint density at radius 2 is 1.88 bits per heavy atom. The summed E-state index contributed by atoms with van der Waals surface area (Å²) in [6.45, 7) is 5.65. The average Bonchev–Trinajstić information content (AvgIpc) is 2.66. The molecule has 138 valence electrons. The van der Waals surface area contributed by atoms with E-state index in [1.54, 1.807) is 6.20 Å². The zero-order valence-corrected chi connectivity index (χ0v) is 15.8. The molecule has 0 aliphatic carbocycles. The Bertz CT molecular complexity index is 722. The molecule has 2 fully saturated rings. The maximum atomic E-state index is 6.03. The molecular weight excluding hydrogens is 320 g/mol. The fourth-order valence-electron chi connectivity index (χ4n) is 4.99. The maximum Gasteiger partial charge on any atom is 0.127 e. The molecule has 4 nitrogen and oxygen atoms in total. The molecule has 4 heteroatoms. The van der Waals surface area contributed by atoms with Gasteiger partial charge in [0.25, 0.3) is 0 Å². The summed E-state index contributed by atoms with van der Waals surface area (Å²) >= 11 is 0. The third kappa shape index (κ3) is 3.76. The maximum absolute atomic E-state index is 6.03. The molecule has 0 saturated carbocycles. The van der Waals surface area contributed by atoms with E-state index in [1.807, 2.05) is 6.07 Å². The molecule has 4 rings (SSSR count). The molecule has 1 unspecified atom stereocenters. The Morgan fingerprint density at radius 1 is 1.12 bits per heavy atom. The van der Waals surface area contributed by atoms with Crippen LogP contribution in [0.1, 0.15) is 36.3 Å². The van der Waals surface area contributed by atoms with Gasteiger partial charge in [0, 0.05) is 31.4 Å². The first kappa shape index (κ1) is 17.5. The van der Waals surface area contributed by atoms with Crippen LogP contribution in [-0.4, -0.2) is 48.0 Å². The highest BCUT2D eigenvalue weighted by molar-refractivity contribution is 5.38. The molecule has 26 heavy (non-hydrogen) atoms. The molecule has 1 atom stereocenters. The van der Waals surface area contributed by atoms with Crippen molar-refractivity contribution in [2.24, 2.45) is 5.41 Å². The van der Waals surface area contributed by atoms with Crippen LogP contribution in [0, 0.1) is 5.41 Å². The number of hydrogen-bond acceptors (Lipinski definition) is 4. The number of likely N-dealkylation sites (tertiary alicyclic amines) is 2. The van der Waals surface area contributed by atoms with E-state index in [-0.39, 0.29) is 0 Å². The van der Waals surface area contributed by atoms with E-state index >= 15 is 0 Å². The third-order valence-electron chi connectivity index (χ3n) is 6.32. The van der Waals surface area contributed by atoms with Crippen LogP contribution in [0.3, 0.4) is 0 Å². The Morgan fingerprint density at radius 3 is 2.62 bits per heavy atom. The zero-order valence-electron chi connectivity index (χ0n) is 15.8. The number of rotatable bonds is 3. The Labute approximate surface area is 157 Å². The molecule has 3 heterocycles. The molecule has 2 N–H and O–H groups in total. The van der Waals surface area contributed by atoms with E-state index in [9.17, 15) is 0 Å². The number of nitrogen functional groups attached to an aromatic ring is 1. The zero-order chi connectivity index (χ0) is 18.0. The summed E-state index contributed by atoms with van der Waals surface area (Å²) in [5.41, 5.74) is 9.16. The van der Waals surface area contributed by atoms with Crippen molar-refractivity contribution in [3.63, 3.8) is 0 Å². The third-order valence-corrected chi connectivity index (χ3v) is 6.32. The number of hydrogen-bond donors (Lipinski definition) is 1. The normalized spacial score (nSPS) is 24.0. The van der Waals surface area contributed by atoms with Crippen LogP contribution in [0.2, 0.25) is 0 Å². The molecule has 0 bridgehead atoms. The number of piperidine rings is 2. The minimum Gasteiger partial charge on any atom is -0.383 e. The van der Waals surface area contributed by atoms with Crippen LogP contribution < -0.4 is 5.73 Å². The molecular formula is C22H30N4. The molecule has 0 amide bonds. The molecule has 2 saturated heterocycles. The number of anilines is 1. The summed E-state index contributed by atoms with van der Waals surface area (Å²) in [6.07, 6.45) is 5.65. The van der Waals surface area contributed by atoms with Crippen LogP contribution >= 0.6 is 0 Å². The van der Waals surface area contributed by atoms with Crippen LogP contribution in [0.4, 0.5) is 5.82 Å². The van der Waals surface area contributed by atoms with E-state index in [0.717, 1.165) is 25.2 Å². The summed E-state index contributed by atoms with van der Waals surface area (Å²) in [5.74, 6) is 1.34. The molecule has 0 radical (unpaired) electrons. The summed E-state index contributed by atoms with van der Waals surface area (Å²) in [5, 5.41) is 0. The Balaban J connectivity index is 1.41. The first-order chi connectivity index (χ1) is 12.6. The number of nitrogens with two attached hydrogens (primary N) is 1. The number of benzene rings is 1. The van der Waals surface area contributed by atoms with E-state index < -0.39 is 0 Å². The number of nitrogens with zero attached hydrogens (tertiary/aromatic N) is 3. The largest absolute Gasteiger partial charge is 0.383 e. The van der Waals surface area contributed by atoms with Gasteiger partial charge in [-0.15, -0.1) is 0 Å². The van der Waals surface area contributed by atoms with Gasteiger partial charge >= 0.3 is 0 Å². The summed E-state index contributed by atoms with van der Waals surface area (Å²) < 4.78 is 0. The molecule has 2 aliphatic heterocycles. The van der Waals surface area contributed by atoms with E-state index in [0.29, 0.717) is 17.2 Å². The van der Waals surface area contributed by atoms with Crippen molar-refractivity contribution in [1.82, 2.24) is 14.8 Å². The van der Waals surface area contributed by atoms with Crippen LogP contribution in [0.15, 0.2) is 48.7 Å². The molecule has 2 aliphatic rings. The number of likely N-dealkylation sites (N-methyl/N-ethyl adjacent to an activating group) is 1. The predicted molar refractivity (Wildman–Crippen MR) is 107 cm³/mol. The van der Waals surface area contributed by atoms with Gasteiger partial charge in [-0.3, -0.25) is 4.90 Å². The van der Waals surface area contributed by atoms with Crippen LogP contribution in [0.5, 0.6) is 0 Å². The molecule has 1 aromatic carbocycles. The summed E-state index contributed by atoms with van der Waals surface area (Å²) in [4.78, 5) is 9.32. The van der Waals surface area contributed by atoms with Crippen molar-refractivity contribution in [3.8, 4) is 0 Å². The average molecular weight is 351 g/mol. The lowest BCUT2D eigenvalue weighted by Gasteiger charge is -2.49. The lowest BCUT2D eigenvalue weighted by Crippen LogP contribution is -2.50. The first-order valence-corrected chi connectivity index (χ1v) is 9.79. The summed E-state index contributed by atoms with van der Waals surface area (Å²) in [7, 11) is 2.29. The van der Waals surface area contributed by atoms with Crippen molar-refractivity contribution in [3.05, 3.63) is 59.8 Å². The highest BCUT2D eigenvalue weighted by atomic mass is 15.2. The van der Waals surface area contributed by atoms with Gasteiger partial charge in [0.15, 0.2) is 0 Å². The standard InChI is InChI=1S/C22H30N4/c1-25-15-20(18-6-3-2-4-7-18)14-22(17-25)9-12-26(13-10-22)16-19-8-5-11-24-21(19)23/h2-8,11,20H,9-10,12-17H2,1H3,(H2,23,24). The topological polar surface area (TPSA) is 45.4 Å². The second-order valence-corrected chi connectivity index (χ2v) is 8.33. The molecule has 1 aromatic heterocycles. The van der Waals surface area contributed by atoms with Gasteiger partial charge in [0.1, 0.15) is 5.82 Å². The lowest BCUT2D eigenvalue weighted by atomic mass is 9.68. The highest BCUT2D eigenvalue weighted by Gasteiger charge is 2.41. The van der Waals surface area contributed by atoms with Crippen LogP contribution in [-0.2, 0) is 6.54 Å².